The van der Waals surface area contributed by atoms with Crippen molar-refractivity contribution in [3.05, 3.63) is 49.8 Å². The van der Waals surface area contributed by atoms with Gasteiger partial charge in [-0.1, -0.05) is 0 Å². The molecule has 94 valence electrons. The number of benzene rings is 1. The van der Waals surface area contributed by atoms with Gasteiger partial charge in [0, 0.05) is 0 Å². The fourth-order valence-corrected chi connectivity index (χ4v) is 1.65. The van der Waals surface area contributed by atoms with Gasteiger partial charge in [0.05, 0.1) is 12.0 Å². The Bertz CT molecular complexity index is 659. The molecule has 0 radical (unpaired) electrons. The fraction of sp³-hybridized carbons (Fsp3) is 0. The second kappa shape index (κ2) is 4.96. The molecule has 1 aromatic heterocycles. The van der Waals surface area contributed by atoms with Crippen molar-refractivity contribution < 1.29 is 13.2 Å². The minimum Gasteiger partial charge on any atom is -0.337 e. The Morgan fingerprint density at radius 3 is 2.67 bits per heavy atom. The van der Waals surface area contributed by atoms with Crippen molar-refractivity contribution in [1.29, 1.82) is 0 Å². The van der Waals surface area contributed by atoms with Crippen LogP contribution in [0, 0.1) is 21.0 Å². The van der Waals surface area contributed by atoms with E-state index in [0.717, 1.165) is 18.5 Å². The summed E-state index contributed by atoms with van der Waals surface area (Å²) in [6.07, 6.45) is 1.12. The summed E-state index contributed by atoms with van der Waals surface area (Å²) >= 11 is 1.70. The molecule has 0 aliphatic rings. The molecule has 0 saturated carbocycles. The van der Waals surface area contributed by atoms with Crippen molar-refractivity contribution in [3.63, 3.8) is 0 Å². The van der Waals surface area contributed by atoms with Crippen LogP contribution in [0.3, 0.4) is 0 Å². The van der Waals surface area contributed by atoms with Gasteiger partial charge in [-0.2, -0.15) is 0 Å². The van der Waals surface area contributed by atoms with E-state index in [-0.39, 0.29) is 15.1 Å². The van der Waals surface area contributed by atoms with Crippen LogP contribution in [0.25, 0.3) is 0 Å². The summed E-state index contributed by atoms with van der Waals surface area (Å²) in [5, 5.41) is 2.43. The Morgan fingerprint density at radius 2 is 1.94 bits per heavy atom. The molecule has 0 saturated heterocycles. The van der Waals surface area contributed by atoms with E-state index in [4.69, 9.17) is 0 Å². The number of hydrogen-bond donors (Lipinski definition) is 2. The Labute approximate surface area is 112 Å². The summed E-state index contributed by atoms with van der Waals surface area (Å²) in [7, 11) is 0. The van der Waals surface area contributed by atoms with E-state index in [1.165, 1.54) is 0 Å². The van der Waals surface area contributed by atoms with Crippen LogP contribution in [-0.4, -0.2) is 9.97 Å². The Balaban J connectivity index is 2.44. The topological polar surface area (TPSA) is 57.8 Å². The molecule has 8 heteroatoms. The normalized spacial score (nSPS) is 10.4. The highest BCUT2D eigenvalue weighted by atomic mass is 127. The number of H-pyrrole nitrogens is 1. The van der Waals surface area contributed by atoms with E-state index in [0.29, 0.717) is 0 Å². The summed E-state index contributed by atoms with van der Waals surface area (Å²) in [6, 6.07) is 1.80. The van der Waals surface area contributed by atoms with Gasteiger partial charge in [-0.05, 0) is 34.7 Å². The lowest BCUT2D eigenvalue weighted by molar-refractivity contribution is 0.449. The van der Waals surface area contributed by atoms with Gasteiger partial charge in [0.25, 0.3) is 5.56 Å². The molecule has 0 unspecified atom stereocenters. The largest absolute Gasteiger partial charge is 0.337 e. The van der Waals surface area contributed by atoms with E-state index in [1.807, 2.05) is 0 Å². The minimum absolute atomic E-state index is 0.0595. The first kappa shape index (κ1) is 12.9. The predicted octanol–water partition coefficient (Wildman–Crippen LogP) is 2.54. The molecule has 1 aromatic carbocycles. The second-order valence-electron chi connectivity index (χ2n) is 3.24. The van der Waals surface area contributed by atoms with E-state index in [2.05, 4.69) is 15.3 Å². The first-order valence-electron chi connectivity index (χ1n) is 4.64. The lowest BCUT2D eigenvalue weighted by Gasteiger charge is -2.08. The molecule has 2 aromatic rings. The van der Waals surface area contributed by atoms with E-state index < -0.39 is 23.0 Å². The molecule has 2 N–H and O–H groups in total. The molecule has 4 nitrogen and oxygen atoms in total. The van der Waals surface area contributed by atoms with Gasteiger partial charge in [-0.15, -0.1) is 0 Å². The number of nitrogens with one attached hydrogen (secondary N) is 2. The fourth-order valence-electron chi connectivity index (χ4n) is 1.22. The standard InChI is InChI=1S/C10H5F3IN3O/c11-4-1-2-5(7(13)6(4)12)17-9-8(14)10(18)16-3-15-9/h1-3H,(H2,15,16,17,18). The molecule has 0 atom stereocenters. The summed E-state index contributed by atoms with van der Waals surface area (Å²) in [5.41, 5.74) is -0.721. The molecule has 0 aliphatic carbocycles. The van der Waals surface area contributed by atoms with E-state index in [1.54, 1.807) is 22.6 Å². The van der Waals surface area contributed by atoms with Gasteiger partial charge in [-0.3, -0.25) is 4.79 Å². The van der Waals surface area contributed by atoms with Crippen molar-refractivity contribution in [3.8, 4) is 0 Å². The lowest BCUT2D eigenvalue weighted by Crippen LogP contribution is -2.13. The molecule has 0 amide bonds. The van der Waals surface area contributed by atoms with Crippen LogP contribution >= 0.6 is 22.6 Å². The summed E-state index contributed by atoms with van der Waals surface area (Å²) < 4.78 is 39.3. The van der Waals surface area contributed by atoms with E-state index >= 15 is 0 Å². The number of halogens is 4. The average Bonchev–Trinajstić information content (AvgIpc) is 2.35. The maximum Gasteiger partial charge on any atom is 0.266 e. The quantitative estimate of drug-likeness (QED) is 0.634. The molecule has 0 fully saturated rings. The highest BCUT2D eigenvalue weighted by Gasteiger charge is 2.15. The van der Waals surface area contributed by atoms with Gasteiger partial charge >= 0.3 is 0 Å². The number of aromatic nitrogens is 2. The Hall–Kier alpha value is -1.58. The molecule has 18 heavy (non-hydrogen) atoms. The second-order valence-corrected chi connectivity index (χ2v) is 4.32. The van der Waals surface area contributed by atoms with Gasteiger partial charge < -0.3 is 10.3 Å². The van der Waals surface area contributed by atoms with Crippen LogP contribution in [0.5, 0.6) is 0 Å². The Kier molecular flexibility index (Phi) is 3.55. The zero-order chi connectivity index (χ0) is 13.3. The molecule has 0 bridgehead atoms. The van der Waals surface area contributed by atoms with Crippen LogP contribution in [0.4, 0.5) is 24.7 Å². The maximum atomic E-state index is 13.4. The van der Waals surface area contributed by atoms with Crippen molar-refractivity contribution in [2.45, 2.75) is 0 Å². The third kappa shape index (κ3) is 2.33. The third-order valence-electron chi connectivity index (χ3n) is 2.08. The molecular weight excluding hydrogens is 362 g/mol. The molecule has 0 aliphatic heterocycles. The highest BCUT2D eigenvalue weighted by Crippen LogP contribution is 2.23. The number of hydrogen-bond acceptors (Lipinski definition) is 3. The molecule has 0 spiro atoms. The number of anilines is 2. The summed E-state index contributed by atoms with van der Waals surface area (Å²) in [4.78, 5) is 17.4. The smallest absolute Gasteiger partial charge is 0.266 e. The lowest BCUT2D eigenvalue weighted by atomic mass is 10.3. The summed E-state index contributed by atoms with van der Waals surface area (Å²) in [6.45, 7) is 0. The number of aromatic amines is 1. The van der Waals surface area contributed by atoms with Crippen molar-refractivity contribution in [2.24, 2.45) is 0 Å². The maximum absolute atomic E-state index is 13.4. The van der Waals surface area contributed by atoms with Crippen LogP contribution < -0.4 is 10.9 Å². The van der Waals surface area contributed by atoms with Crippen molar-refractivity contribution in [2.75, 3.05) is 5.32 Å². The van der Waals surface area contributed by atoms with Gasteiger partial charge in [0.15, 0.2) is 23.3 Å². The van der Waals surface area contributed by atoms with Crippen molar-refractivity contribution >= 4 is 34.1 Å². The van der Waals surface area contributed by atoms with Crippen LogP contribution in [0.1, 0.15) is 0 Å². The zero-order valence-electron chi connectivity index (χ0n) is 8.60. The highest BCUT2D eigenvalue weighted by molar-refractivity contribution is 14.1. The van der Waals surface area contributed by atoms with Crippen LogP contribution in [0.15, 0.2) is 23.3 Å². The Morgan fingerprint density at radius 1 is 1.22 bits per heavy atom. The SMILES string of the molecule is O=c1[nH]cnc(Nc2ccc(F)c(F)c2F)c1I. The first-order chi connectivity index (χ1) is 8.50. The zero-order valence-corrected chi connectivity index (χ0v) is 10.8. The van der Waals surface area contributed by atoms with Crippen LogP contribution in [0.2, 0.25) is 0 Å². The van der Waals surface area contributed by atoms with Gasteiger partial charge in [-0.25, -0.2) is 18.2 Å². The number of rotatable bonds is 2. The van der Waals surface area contributed by atoms with Crippen LogP contribution in [-0.2, 0) is 0 Å². The first-order valence-corrected chi connectivity index (χ1v) is 5.72. The van der Waals surface area contributed by atoms with Gasteiger partial charge in [0.1, 0.15) is 3.57 Å². The molecule has 1 heterocycles. The van der Waals surface area contributed by atoms with E-state index in [9.17, 15) is 18.0 Å². The third-order valence-corrected chi connectivity index (χ3v) is 3.09. The minimum atomic E-state index is -1.58. The molecule has 2 rings (SSSR count). The predicted molar refractivity (Wildman–Crippen MR) is 67.2 cm³/mol. The molecular formula is C10H5F3IN3O. The van der Waals surface area contributed by atoms with Gasteiger partial charge in [0.2, 0.25) is 0 Å². The van der Waals surface area contributed by atoms with Crippen molar-refractivity contribution in [1.82, 2.24) is 9.97 Å². The monoisotopic (exact) mass is 367 g/mol. The average molecular weight is 367 g/mol. The number of nitrogens with zero attached hydrogens (tertiary/aromatic N) is 1. The summed E-state index contributed by atoms with van der Waals surface area (Å²) in [5.74, 6) is -4.18.